The Hall–Kier alpha value is -0.300. The summed E-state index contributed by atoms with van der Waals surface area (Å²) in [7, 11) is 0. The van der Waals surface area contributed by atoms with Gasteiger partial charge in [-0.3, -0.25) is 0 Å². The topological polar surface area (TPSA) is 12.0 Å². The predicted molar refractivity (Wildman–Crippen MR) is 52.0 cm³/mol. The summed E-state index contributed by atoms with van der Waals surface area (Å²) in [6, 6.07) is 1.35. The molecule has 0 aliphatic carbocycles. The van der Waals surface area contributed by atoms with Crippen LogP contribution in [0.4, 0.5) is 0 Å². The highest BCUT2D eigenvalue weighted by Crippen LogP contribution is 2.38. The molecule has 2 atom stereocenters. The molecule has 12 heavy (non-hydrogen) atoms. The normalized spacial score (nSPS) is 40.4. The number of rotatable bonds is 0. The van der Waals surface area contributed by atoms with E-state index in [0.29, 0.717) is 17.5 Å². The van der Waals surface area contributed by atoms with Gasteiger partial charge in [-0.1, -0.05) is 32.9 Å². The van der Waals surface area contributed by atoms with Gasteiger partial charge in [0.1, 0.15) is 0 Å². The van der Waals surface area contributed by atoms with Gasteiger partial charge >= 0.3 is 0 Å². The molecule has 1 fully saturated rings. The second kappa shape index (κ2) is 2.59. The lowest BCUT2D eigenvalue weighted by atomic mass is 9.73. The molecule has 1 saturated heterocycles. The molecule has 68 valence electrons. The Kier molecular flexibility index (Phi) is 1.80. The van der Waals surface area contributed by atoms with Gasteiger partial charge in [-0.15, -0.1) is 0 Å². The Morgan fingerprint density at radius 2 is 1.58 bits per heavy atom. The van der Waals surface area contributed by atoms with Crippen LogP contribution in [0.25, 0.3) is 0 Å². The quantitative estimate of drug-likeness (QED) is 0.543. The monoisotopic (exact) mass is 165 g/mol. The van der Waals surface area contributed by atoms with E-state index < -0.39 is 0 Å². The van der Waals surface area contributed by atoms with Gasteiger partial charge in [-0.2, -0.15) is 0 Å². The van der Waals surface area contributed by atoms with E-state index in [1.165, 1.54) is 12.8 Å². The number of nitrogens with one attached hydrogen (secondary N) is 1. The van der Waals surface area contributed by atoms with Crippen LogP contribution < -0.4 is 5.32 Å². The van der Waals surface area contributed by atoms with E-state index in [2.05, 4.69) is 38.2 Å². The minimum Gasteiger partial charge on any atom is -0.304 e. The maximum absolute atomic E-state index is 3.58. The van der Waals surface area contributed by atoms with Crippen molar-refractivity contribution >= 4 is 0 Å². The number of fused-ring (bicyclic) bond motifs is 2. The van der Waals surface area contributed by atoms with Gasteiger partial charge in [0.2, 0.25) is 0 Å². The zero-order valence-electron chi connectivity index (χ0n) is 8.30. The van der Waals surface area contributed by atoms with E-state index in [4.69, 9.17) is 0 Å². The summed E-state index contributed by atoms with van der Waals surface area (Å²) in [5.74, 6) is 0.892. The highest BCUT2D eigenvalue weighted by molar-refractivity contribution is 5.13. The van der Waals surface area contributed by atoms with E-state index >= 15 is 0 Å². The lowest BCUT2D eigenvalue weighted by Gasteiger charge is -2.38. The lowest BCUT2D eigenvalue weighted by Crippen LogP contribution is -2.42. The smallest absolute Gasteiger partial charge is 0.0258 e. The summed E-state index contributed by atoms with van der Waals surface area (Å²) in [5, 5.41) is 3.58. The second-order valence-corrected chi connectivity index (χ2v) is 5.30. The molecule has 2 bridgehead atoms. The standard InChI is InChI=1S/C11H19N/c1-11(2,3)8-6-9-4-5-10(7-8)12-9/h4-5,8-10,12H,6-7H2,1-3H3. The van der Waals surface area contributed by atoms with E-state index in [0.717, 1.165) is 5.92 Å². The van der Waals surface area contributed by atoms with Gasteiger partial charge < -0.3 is 5.32 Å². The summed E-state index contributed by atoms with van der Waals surface area (Å²) in [6.45, 7) is 7.09. The molecule has 1 heteroatoms. The fraction of sp³-hybridized carbons (Fsp3) is 0.818. The molecule has 2 heterocycles. The zero-order valence-corrected chi connectivity index (χ0v) is 8.30. The number of piperidine rings is 1. The van der Waals surface area contributed by atoms with Gasteiger partial charge in [0, 0.05) is 12.1 Å². The van der Waals surface area contributed by atoms with Crippen molar-refractivity contribution < 1.29 is 0 Å². The van der Waals surface area contributed by atoms with Crippen LogP contribution in [0.1, 0.15) is 33.6 Å². The summed E-state index contributed by atoms with van der Waals surface area (Å²) in [4.78, 5) is 0. The van der Waals surface area contributed by atoms with Crippen LogP contribution in [-0.4, -0.2) is 12.1 Å². The van der Waals surface area contributed by atoms with Crippen LogP contribution in [0.2, 0.25) is 0 Å². The van der Waals surface area contributed by atoms with Crippen molar-refractivity contribution in [3.05, 3.63) is 12.2 Å². The van der Waals surface area contributed by atoms with Crippen molar-refractivity contribution in [1.82, 2.24) is 5.32 Å². The number of hydrogen-bond acceptors (Lipinski definition) is 1. The highest BCUT2D eigenvalue weighted by Gasteiger charge is 2.35. The third-order valence-electron chi connectivity index (χ3n) is 3.31. The molecule has 0 aromatic rings. The first-order chi connectivity index (χ1) is 5.55. The summed E-state index contributed by atoms with van der Waals surface area (Å²) in [6.07, 6.45) is 7.35. The Bertz CT molecular complexity index is 186. The second-order valence-electron chi connectivity index (χ2n) is 5.30. The summed E-state index contributed by atoms with van der Waals surface area (Å²) >= 11 is 0. The van der Waals surface area contributed by atoms with E-state index in [-0.39, 0.29) is 0 Å². The van der Waals surface area contributed by atoms with Crippen LogP contribution in [-0.2, 0) is 0 Å². The molecule has 0 saturated carbocycles. The predicted octanol–water partition coefficient (Wildman–Crippen LogP) is 2.34. The van der Waals surface area contributed by atoms with Crippen molar-refractivity contribution in [3.63, 3.8) is 0 Å². The first-order valence-corrected chi connectivity index (χ1v) is 5.00. The molecule has 1 nitrogen and oxygen atoms in total. The van der Waals surface area contributed by atoms with Crippen molar-refractivity contribution in [2.24, 2.45) is 11.3 Å². The lowest BCUT2D eigenvalue weighted by molar-refractivity contribution is 0.164. The van der Waals surface area contributed by atoms with Crippen molar-refractivity contribution in [3.8, 4) is 0 Å². The molecule has 2 aliphatic rings. The minimum atomic E-state index is 0.491. The van der Waals surface area contributed by atoms with Crippen LogP contribution in [0.5, 0.6) is 0 Å². The maximum Gasteiger partial charge on any atom is 0.0258 e. The minimum absolute atomic E-state index is 0.491. The van der Waals surface area contributed by atoms with Crippen LogP contribution >= 0.6 is 0 Å². The molecule has 0 aromatic carbocycles. The third kappa shape index (κ3) is 1.42. The Balaban J connectivity index is 2.05. The summed E-state index contributed by atoms with van der Waals surface area (Å²) in [5.41, 5.74) is 0.491. The Labute approximate surface area is 75.2 Å². The maximum atomic E-state index is 3.58. The van der Waals surface area contributed by atoms with Gasteiger partial charge in [-0.25, -0.2) is 0 Å². The first kappa shape index (κ1) is 8.31. The van der Waals surface area contributed by atoms with Crippen molar-refractivity contribution in [1.29, 1.82) is 0 Å². The average Bonchev–Trinajstić information content (AvgIpc) is 2.28. The average molecular weight is 165 g/mol. The molecule has 2 unspecified atom stereocenters. The molecule has 0 radical (unpaired) electrons. The van der Waals surface area contributed by atoms with Gasteiger partial charge in [0.15, 0.2) is 0 Å². The molecular weight excluding hydrogens is 146 g/mol. The third-order valence-corrected chi connectivity index (χ3v) is 3.31. The zero-order chi connectivity index (χ0) is 8.77. The van der Waals surface area contributed by atoms with Crippen molar-refractivity contribution in [2.45, 2.75) is 45.7 Å². The van der Waals surface area contributed by atoms with Crippen LogP contribution in [0, 0.1) is 11.3 Å². The molecule has 0 aromatic heterocycles. The Morgan fingerprint density at radius 1 is 1.08 bits per heavy atom. The molecular formula is C11H19N. The van der Waals surface area contributed by atoms with E-state index in [9.17, 15) is 0 Å². The van der Waals surface area contributed by atoms with Crippen molar-refractivity contribution in [2.75, 3.05) is 0 Å². The molecule has 2 rings (SSSR count). The largest absolute Gasteiger partial charge is 0.304 e. The number of hydrogen-bond donors (Lipinski definition) is 1. The first-order valence-electron chi connectivity index (χ1n) is 5.00. The molecule has 0 spiro atoms. The van der Waals surface area contributed by atoms with E-state index in [1.54, 1.807) is 0 Å². The highest BCUT2D eigenvalue weighted by atomic mass is 15.0. The fourth-order valence-electron chi connectivity index (χ4n) is 2.36. The SMILES string of the molecule is CC(C)(C)C1CC2C=CC(C1)N2. The summed E-state index contributed by atoms with van der Waals surface area (Å²) < 4.78 is 0. The van der Waals surface area contributed by atoms with Crippen LogP contribution in [0.3, 0.4) is 0 Å². The molecule has 0 amide bonds. The Morgan fingerprint density at radius 3 is 2.00 bits per heavy atom. The van der Waals surface area contributed by atoms with Crippen LogP contribution in [0.15, 0.2) is 12.2 Å². The van der Waals surface area contributed by atoms with Gasteiger partial charge in [0.25, 0.3) is 0 Å². The fourth-order valence-corrected chi connectivity index (χ4v) is 2.36. The molecule has 2 aliphatic heterocycles. The van der Waals surface area contributed by atoms with E-state index in [1.807, 2.05) is 0 Å². The van der Waals surface area contributed by atoms with Gasteiger partial charge in [0.05, 0.1) is 0 Å². The van der Waals surface area contributed by atoms with Gasteiger partial charge in [-0.05, 0) is 24.2 Å². The molecule has 1 N–H and O–H groups in total.